The zero-order valence-corrected chi connectivity index (χ0v) is 7.34. The maximum absolute atomic E-state index is 9.50. The summed E-state index contributed by atoms with van der Waals surface area (Å²) in [6, 6.07) is 6.80. The molecule has 2 rings (SSSR count). The van der Waals surface area contributed by atoms with E-state index < -0.39 is 0 Å². The summed E-state index contributed by atoms with van der Waals surface area (Å²) in [6.45, 7) is -0.242. The van der Waals surface area contributed by atoms with E-state index in [4.69, 9.17) is 9.52 Å². The Morgan fingerprint density at radius 1 is 1.29 bits per heavy atom. The monoisotopic (exact) mass is 191 g/mol. The van der Waals surface area contributed by atoms with Gasteiger partial charge >= 0.3 is 0 Å². The SMILES string of the molecule is OCc1ncc(-c2ccccc2O)o1. The number of aromatic hydroxyl groups is 1. The van der Waals surface area contributed by atoms with Gasteiger partial charge in [-0.2, -0.15) is 0 Å². The standard InChI is InChI=1S/C10H9NO3/c12-6-10-11-5-9(14-10)7-3-1-2-4-8(7)13/h1-5,12-13H,6H2. The molecule has 0 aliphatic rings. The topological polar surface area (TPSA) is 66.5 Å². The van der Waals surface area contributed by atoms with Gasteiger partial charge in [-0.15, -0.1) is 0 Å². The Morgan fingerprint density at radius 3 is 2.71 bits per heavy atom. The molecule has 0 unspecified atom stereocenters. The summed E-state index contributed by atoms with van der Waals surface area (Å²) < 4.78 is 5.18. The van der Waals surface area contributed by atoms with Gasteiger partial charge in [-0.3, -0.25) is 0 Å². The van der Waals surface area contributed by atoms with E-state index in [1.165, 1.54) is 6.20 Å². The fourth-order valence-corrected chi connectivity index (χ4v) is 1.19. The van der Waals surface area contributed by atoms with Crippen LogP contribution in [0.4, 0.5) is 0 Å². The zero-order chi connectivity index (χ0) is 9.97. The van der Waals surface area contributed by atoms with Gasteiger partial charge in [0.25, 0.3) is 0 Å². The van der Waals surface area contributed by atoms with Gasteiger partial charge in [-0.25, -0.2) is 4.98 Å². The molecule has 4 nitrogen and oxygen atoms in total. The number of aliphatic hydroxyl groups is 1. The molecule has 0 aliphatic carbocycles. The fourth-order valence-electron chi connectivity index (χ4n) is 1.19. The maximum atomic E-state index is 9.50. The summed E-state index contributed by atoms with van der Waals surface area (Å²) >= 11 is 0. The van der Waals surface area contributed by atoms with Gasteiger partial charge in [0.1, 0.15) is 12.4 Å². The fraction of sp³-hybridized carbons (Fsp3) is 0.100. The van der Waals surface area contributed by atoms with Crippen LogP contribution in [0.25, 0.3) is 11.3 Å². The Kier molecular flexibility index (Phi) is 2.20. The number of oxazole rings is 1. The maximum Gasteiger partial charge on any atom is 0.220 e. The second-order valence-electron chi connectivity index (χ2n) is 2.79. The third kappa shape index (κ3) is 1.47. The lowest BCUT2D eigenvalue weighted by Gasteiger charge is -1.98. The Bertz CT molecular complexity index is 436. The van der Waals surface area contributed by atoms with Crippen LogP contribution in [0, 0.1) is 0 Å². The molecule has 0 fully saturated rings. The molecule has 0 atom stereocenters. The molecule has 0 bridgehead atoms. The second-order valence-corrected chi connectivity index (χ2v) is 2.79. The van der Waals surface area contributed by atoms with Gasteiger partial charge in [0.15, 0.2) is 5.76 Å². The number of benzene rings is 1. The summed E-state index contributed by atoms with van der Waals surface area (Å²) in [5.74, 6) is 0.823. The molecule has 2 N–H and O–H groups in total. The quantitative estimate of drug-likeness (QED) is 0.755. The van der Waals surface area contributed by atoms with Crippen LogP contribution in [0.15, 0.2) is 34.9 Å². The van der Waals surface area contributed by atoms with Gasteiger partial charge in [0.05, 0.1) is 11.8 Å². The highest BCUT2D eigenvalue weighted by Gasteiger charge is 2.08. The predicted octanol–water partition coefficient (Wildman–Crippen LogP) is 1.54. The predicted molar refractivity (Wildman–Crippen MR) is 49.5 cm³/mol. The van der Waals surface area contributed by atoms with Crippen molar-refractivity contribution in [1.82, 2.24) is 4.98 Å². The Morgan fingerprint density at radius 2 is 2.07 bits per heavy atom. The highest BCUT2D eigenvalue weighted by molar-refractivity contribution is 5.64. The number of hydrogen-bond acceptors (Lipinski definition) is 4. The first-order valence-corrected chi connectivity index (χ1v) is 4.15. The van der Waals surface area contributed by atoms with Gasteiger partial charge in [-0.05, 0) is 12.1 Å². The number of hydrogen-bond donors (Lipinski definition) is 2. The lowest BCUT2D eigenvalue weighted by Crippen LogP contribution is -1.78. The van der Waals surface area contributed by atoms with E-state index in [2.05, 4.69) is 4.98 Å². The van der Waals surface area contributed by atoms with E-state index in [0.717, 1.165) is 0 Å². The lowest BCUT2D eigenvalue weighted by atomic mass is 10.2. The van der Waals surface area contributed by atoms with E-state index in [1.807, 2.05) is 0 Å². The van der Waals surface area contributed by atoms with Crippen LogP contribution in [-0.4, -0.2) is 15.2 Å². The highest BCUT2D eigenvalue weighted by atomic mass is 16.4. The number of rotatable bonds is 2. The van der Waals surface area contributed by atoms with Crippen LogP contribution < -0.4 is 0 Å². The van der Waals surface area contributed by atoms with Crippen LogP contribution in [-0.2, 0) is 6.61 Å². The number of nitrogens with zero attached hydrogens (tertiary/aromatic N) is 1. The lowest BCUT2D eigenvalue weighted by molar-refractivity contribution is 0.241. The molecule has 1 aromatic carbocycles. The van der Waals surface area contributed by atoms with Gasteiger partial charge in [-0.1, -0.05) is 12.1 Å². The molecule has 0 radical (unpaired) electrons. The largest absolute Gasteiger partial charge is 0.507 e. The van der Waals surface area contributed by atoms with E-state index in [9.17, 15) is 5.11 Å². The van der Waals surface area contributed by atoms with Crippen molar-refractivity contribution in [2.24, 2.45) is 0 Å². The number of phenolic OH excluding ortho intramolecular Hbond substituents is 1. The summed E-state index contributed by atoms with van der Waals surface area (Å²) in [4.78, 5) is 3.82. The molecule has 4 heteroatoms. The smallest absolute Gasteiger partial charge is 0.220 e. The molecule has 0 spiro atoms. The summed E-state index contributed by atoms with van der Waals surface area (Å²) in [5.41, 5.74) is 0.569. The Hall–Kier alpha value is -1.81. The van der Waals surface area contributed by atoms with E-state index >= 15 is 0 Å². The van der Waals surface area contributed by atoms with E-state index in [0.29, 0.717) is 11.3 Å². The summed E-state index contributed by atoms with van der Waals surface area (Å²) in [6.07, 6.45) is 1.47. The molecule has 0 saturated heterocycles. The minimum atomic E-state index is -0.242. The average Bonchev–Trinajstić information content (AvgIpc) is 2.67. The van der Waals surface area contributed by atoms with Crippen LogP contribution in [0.3, 0.4) is 0 Å². The third-order valence-electron chi connectivity index (χ3n) is 1.86. The Balaban J connectivity index is 2.44. The Labute approximate surface area is 80.5 Å². The molecular formula is C10H9NO3. The molecule has 0 saturated carbocycles. The van der Waals surface area contributed by atoms with Crippen molar-refractivity contribution >= 4 is 0 Å². The van der Waals surface area contributed by atoms with Crippen LogP contribution >= 0.6 is 0 Å². The minimum absolute atomic E-state index is 0.133. The number of aliphatic hydroxyl groups excluding tert-OH is 1. The second kappa shape index (κ2) is 3.51. The number of para-hydroxylation sites is 1. The van der Waals surface area contributed by atoms with Gasteiger partial charge in [0, 0.05) is 0 Å². The molecule has 1 heterocycles. The molecule has 0 aliphatic heterocycles. The zero-order valence-electron chi connectivity index (χ0n) is 7.34. The summed E-state index contributed by atoms with van der Waals surface area (Å²) in [7, 11) is 0. The van der Waals surface area contributed by atoms with Crippen LogP contribution in [0.1, 0.15) is 5.89 Å². The molecular weight excluding hydrogens is 182 g/mol. The van der Waals surface area contributed by atoms with Crippen LogP contribution in [0.5, 0.6) is 5.75 Å². The molecule has 2 aromatic rings. The van der Waals surface area contributed by atoms with Crippen molar-refractivity contribution in [1.29, 1.82) is 0 Å². The number of aromatic nitrogens is 1. The first-order valence-electron chi connectivity index (χ1n) is 4.15. The number of phenols is 1. The normalized spacial score (nSPS) is 10.4. The van der Waals surface area contributed by atoms with E-state index in [-0.39, 0.29) is 18.2 Å². The average molecular weight is 191 g/mol. The van der Waals surface area contributed by atoms with Crippen molar-refractivity contribution in [3.63, 3.8) is 0 Å². The van der Waals surface area contributed by atoms with E-state index in [1.54, 1.807) is 24.3 Å². The van der Waals surface area contributed by atoms with Crippen molar-refractivity contribution < 1.29 is 14.6 Å². The molecule has 72 valence electrons. The highest BCUT2D eigenvalue weighted by Crippen LogP contribution is 2.28. The van der Waals surface area contributed by atoms with Gasteiger partial charge in [0.2, 0.25) is 5.89 Å². The molecule has 0 amide bonds. The van der Waals surface area contributed by atoms with Crippen molar-refractivity contribution in [3.8, 4) is 17.1 Å². The van der Waals surface area contributed by atoms with Crippen LogP contribution in [0.2, 0.25) is 0 Å². The van der Waals surface area contributed by atoms with Gasteiger partial charge < -0.3 is 14.6 Å². The van der Waals surface area contributed by atoms with Crippen molar-refractivity contribution in [3.05, 3.63) is 36.4 Å². The molecule has 1 aromatic heterocycles. The minimum Gasteiger partial charge on any atom is -0.507 e. The molecule has 14 heavy (non-hydrogen) atoms. The first-order chi connectivity index (χ1) is 6.81. The van der Waals surface area contributed by atoms with Crippen molar-refractivity contribution in [2.75, 3.05) is 0 Å². The summed E-state index contributed by atoms with van der Waals surface area (Å²) in [5, 5.41) is 18.2. The van der Waals surface area contributed by atoms with Crippen molar-refractivity contribution in [2.45, 2.75) is 6.61 Å². The first kappa shape index (κ1) is 8.77. The third-order valence-corrected chi connectivity index (χ3v) is 1.86.